The molecule has 5 heteroatoms. The van der Waals surface area contributed by atoms with E-state index in [9.17, 15) is 12.8 Å². The Morgan fingerprint density at radius 3 is 2.61 bits per heavy atom. The second-order valence-electron chi connectivity index (χ2n) is 4.21. The standard InChI is InChI=1S/C13H20FNO2S/c1-3-13(11-6-5-7-12(14)10-11)15-8-9-18(16,17)4-2/h5-7,10,13,15H,3-4,8-9H2,1-2H3. The summed E-state index contributed by atoms with van der Waals surface area (Å²) >= 11 is 0. The number of hydrogen-bond donors (Lipinski definition) is 1. The predicted molar refractivity (Wildman–Crippen MR) is 71.8 cm³/mol. The van der Waals surface area contributed by atoms with Gasteiger partial charge in [0.25, 0.3) is 0 Å². The van der Waals surface area contributed by atoms with Gasteiger partial charge >= 0.3 is 0 Å². The molecule has 0 spiro atoms. The van der Waals surface area contributed by atoms with Gasteiger partial charge in [-0.05, 0) is 24.1 Å². The molecule has 3 nitrogen and oxygen atoms in total. The number of benzene rings is 1. The molecule has 1 aromatic carbocycles. The maximum Gasteiger partial charge on any atom is 0.151 e. The minimum absolute atomic E-state index is 0.00671. The number of rotatable bonds is 7. The molecule has 1 aromatic rings. The summed E-state index contributed by atoms with van der Waals surface area (Å²) in [5, 5.41) is 3.16. The normalized spacial score (nSPS) is 13.5. The summed E-state index contributed by atoms with van der Waals surface area (Å²) in [5.74, 6) is 0.00901. The van der Waals surface area contributed by atoms with Crippen LogP contribution in [0.15, 0.2) is 24.3 Å². The average molecular weight is 273 g/mol. The molecular weight excluding hydrogens is 253 g/mol. The fourth-order valence-corrected chi connectivity index (χ4v) is 2.47. The van der Waals surface area contributed by atoms with Crippen molar-refractivity contribution in [2.24, 2.45) is 0 Å². The lowest BCUT2D eigenvalue weighted by atomic mass is 10.0. The first-order valence-electron chi connectivity index (χ1n) is 6.17. The average Bonchev–Trinajstić information content (AvgIpc) is 2.34. The van der Waals surface area contributed by atoms with Crippen molar-refractivity contribution in [2.45, 2.75) is 26.3 Å². The first-order chi connectivity index (χ1) is 8.48. The second kappa shape index (κ2) is 6.85. The van der Waals surface area contributed by atoms with Crippen LogP contribution in [-0.2, 0) is 9.84 Å². The maximum absolute atomic E-state index is 13.1. The lowest BCUT2D eigenvalue weighted by molar-refractivity contribution is 0.526. The van der Waals surface area contributed by atoms with Crippen molar-refractivity contribution >= 4 is 9.84 Å². The lowest BCUT2D eigenvalue weighted by Gasteiger charge is -2.17. The zero-order chi connectivity index (χ0) is 13.6. The zero-order valence-corrected chi connectivity index (χ0v) is 11.6. The molecule has 0 heterocycles. The van der Waals surface area contributed by atoms with E-state index in [1.165, 1.54) is 12.1 Å². The molecule has 0 amide bonds. The van der Waals surface area contributed by atoms with E-state index in [1.807, 2.05) is 13.0 Å². The Hall–Kier alpha value is -0.940. The quantitative estimate of drug-likeness (QED) is 0.829. The van der Waals surface area contributed by atoms with E-state index in [1.54, 1.807) is 13.0 Å². The number of nitrogens with one attached hydrogen (secondary N) is 1. The summed E-state index contributed by atoms with van der Waals surface area (Å²) in [5.41, 5.74) is 0.853. The Morgan fingerprint density at radius 2 is 2.06 bits per heavy atom. The van der Waals surface area contributed by atoms with Crippen LogP contribution in [0.25, 0.3) is 0 Å². The zero-order valence-electron chi connectivity index (χ0n) is 10.8. The van der Waals surface area contributed by atoms with Gasteiger partial charge in [-0.15, -0.1) is 0 Å². The van der Waals surface area contributed by atoms with Gasteiger partial charge in [0.2, 0.25) is 0 Å². The number of halogens is 1. The highest BCUT2D eigenvalue weighted by Gasteiger charge is 2.12. The summed E-state index contributed by atoms with van der Waals surface area (Å²) < 4.78 is 35.8. The molecule has 0 aliphatic heterocycles. The molecule has 1 unspecified atom stereocenters. The van der Waals surface area contributed by atoms with Crippen LogP contribution in [-0.4, -0.2) is 26.5 Å². The van der Waals surface area contributed by atoms with E-state index < -0.39 is 9.84 Å². The van der Waals surface area contributed by atoms with Crippen molar-refractivity contribution in [1.82, 2.24) is 5.32 Å². The minimum atomic E-state index is -2.95. The van der Waals surface area contributed by atoms with E-state index >= 15 is 0 Å². The topological polar surface area (TPSA) is 46.2 Å². The molecular formula is C13H20FNO2S. The summed E-state index contributed by atoms with van der Waals surface area (Å²) in [6.45, 7) is 4.02. The third kappa shape index (κ3) is 4.74. The van der Waals surface area contributed by atoms with Gasteiger partial charge in [0, 0.05) is 18.3 Å². The SMILES string of the molecule is CCC(NCCS(=O)(=O)CC)c1cccc(F)c1. The largest absolute Gasteiger partial charge is 0.309 e. The fraction of sp³-hybridized carbons (Fsp3) is 0.538. The third-order valence-electron chi connectivity index (χ3n) is 2.90. The Labute approximate surface area is 108 Å². The van der Waals surface area contributed by atoms with Crippen LogP contribution >= 0.6 is 0 Å². The number of hydrogen-bond acceptors (Lipinski definition) is 3. The molecule has 0 saturated carbocycles. The minimum Gasteiger partial charge on any atom is -0.309 e. The van der Waals surface area contributed by atoms with Crippen LogP contribution in [0.4, 0.5) is 4.39 Å². The van der Waals surface area contributed by atoms with Gasteiger partial charge in [0.05, 0.1) is 5.75 Å². The summed E-state index contributed by atoms with van der Waals surface area (Å²) in [6, 6.07) is 6.39. The van der Waals surface area contributed by atoms with Crippen molar-refractivity contribution in [1.29, 1.82) is 0 Å². The molecule has 0 fully saturated rings. The number of sulfone groups is 1. The van der Waals surface area contributed by atoms with Crippen molar-refractivity contribution in [3.63, 3.8) is 0 Å². The molecule has 0 radical (unpaired) electrons. The van der Waals surface area contributed by atoms with E-state index in [0.717, 1.165) is 12.0 Å². The Kier molecular flexibility index (Phi) is 5.75. The van der Waals surface area contributed by atoms with Gasteiger partial charge in [-0.2, -0.15) is 0 Å². The van der Waals surface area contributed by atoms with E-state index in [4.69, 9.17) is 0 Å². The van der Waals surface area contributed by atoms with Crippen LogP contribution < -0.4 is 5.32 Å². The van der Waals surface area contributed by atoms with Crippen LogP contribution in [0.5, 0.6) is 0 Å². The molecule has 1 rings (SSSR count). The second-order valence-corrected chi connectivity index (χ2v) is 6.68. The molecule has 0 saturated heterocycles. The first kappa shape index (κ1) is 15.1. The Balaban J connectivity index is 2.58. The van der Waals surface area contributed by atoms with Crippen molar-refractivity contribution in [3.8, 4) is 0 Å². The third-order valence-corrected chi connectivity index (χ3v) is 4.61. The smallest absolute Gasteiger partial charge is 0.151 e. The molecule has 1 N–H and O–H groups in total. The van der Waals surface area contributed by atoms with Gasteiger partial charge in [-0.1, -0.05) is 26.0 Å². The summed E-state index contributed by atoms with van der Waals surface area (Å²) in [4.78, 5) is 0. The fourth-order valence-electron chi connectivity index (χ4n) is 1.75. The van der Waals surface area contributed by atoms with Crippen molar-refractivity contribution in [2.75, 3.05) is 18.1 Å². The van der Waals surface area contributed by atoms with Crippen LogP contribution in [0, 0.1) is 5.82 Å². The maximum atomic E-state index is 13.1. The van der Waals surface area contributed by atoms with Gasteiger partial charge in [0.15, 0.2) is 9.84 Å². The van der Waals surface area contributed by atoms with Gasteiger partial charge in [0.1, 0.15) is 5.82 Å². The van der Waals surface area contributed by atoms with Gasteiger partial charge < -0.3 is 5.32 Å². The van der Waals surface area contributed by atoms with Crippen molar-refractivity contribution in [3.05, 3.63) is 35.6 Å². The summed E-state index contributed by atoms with van der Waals surface area (Å²) in [7, 11) is -2.95. The highest BCUT2D eigenvalue weighted by Crippen LogP contribution is 2.17. The van der Waals surface area contributed by atoms with Crippen LogP contribution in [0.1, 0.15) is 31.9 Å². The Bertz CT molecular complexity index is 474. The lowest BCUT2D eigenvalue weighted by Crippen LogP contribution is -2.27. The predicted octanol–water partition coefficient (Wildman–Crippen LogP) is 2.30. The highest BCUT2D eigenvalue weighted by atomic mass is 32.2. The van der Waals surface area contributed by atoms with E-state index in [-0.39, 0.29) is 23.4 Å². The molecule has 0 bridgehead atoms. The molecule has 0 aliphatic rings. The molecule has 18 heavy (non-hydrogen) atoms. The van der Waals surface area contributed by atoms with Gasteiger partial charge in [-0.25, -0.2) is 12.8 Å². The molecule has 0 aliphatic carbocycles. The van der Waals surface area contributed by atoms with E-state index in [2.05, 4.69) is 5.32 Å². The van der Waals surface area contributed by atoms with Crippen LogP contribution in [0.2, 0.25) is 0 Å². The molecule has 102 valence electrons. The van der Waals surface area contributed by atoms with Crippen LogP contribution in [0.3, 0.4) is 0 Å². The first-order valence-corrected chi connectivity index (χ1v) is 8.00. The van der Waals surface area contributed by atoms with Gasteiger partial charge in [-0.3, -0.25) is 0 Å². The highest BCUT2D eigenvalue weighted by molar-refractivity contribution is 7.91. The summed E-state index contributed by atoms with van der Waals surface area (Å²) in [6.07, 6.45) is 0.787. The van der Waals surface area contributed by atoms with E-state index in [0.29, 0.717) is 6.54 Å². The Morgan fingerprint density at radius 1 is 1.33 bits per heavy atom. The molecule has 1 atom stereocenters. The molecule has 0 aromatic heterocycles. The van der Waals surface area contributed by atoms with Crippen molar-refractivity contribution < 1.29 is 12.8 Å². The monoisotopic (exact) mass is 273 g/mol.